The van der Waals surface area contributed by atoms with Crippen LogP contribution in [-0.4, -0.2) is 34.9 Å². The maximum Gasteiger partial charge on any atom is 0.332 e. The lowest BCUT2D eigenvalue weighted by molar-refractivity contribution is 0.0992. The van der Waals surface area contributed by atoms with Gasteiger partial charge >= 0.3 is 5.69 Å². The maximum atomic E-state index is 13.1. The molecule has 1 aromatic carbocycles. The quantitative estimate of drug-likeness (QED) is 0.284. The van der Waals surface area contributed by atoms with Crippen LogP contribution in [0.15, 0.2) is 51.7 Å². The lowest BCUT2D eigenvalue weighted by Crippen LogP contribution is -2.42. The molecule has 1 atom stereocenters. The number of ether oxygens (including phenoxy) is 1. The van der Waals surface area contributed by atoms with E-state index >= 15 is 0 Å². The van der Waals surface area contributed by atoms with E-state index in [4.69, 9.17) is 10.5 Å². The number of rotatable bonds is 9. The van der Waals surface area contributed by atoms with Gasteiger partial charge in [-0.2, -0.15) is 0 Å². The van der Waals surface area contributed by atoms with Crippen molar-refractivity contribution in [1.29, 1.82) is 0 Å². The number of nitrogens with two attached hydrogens (primary N) is 1. The van der Waals surface area contributed by atoms with Crippen LogP contribution < -0.4 is 21.7 Å². The minimum Gasteiger partial charge on any atom is -0.486 e. The molecule has 0 unspecified atom stereocenters. The molecule has 10 nitrogen and oxygen atoms in total. The third-order valence-electron chi connectivity index (χ3n) is 5.07. The Morgan fingerprint density at radius 1 is 1.27 bits per heavy atom. The van der Waals surface area contributed by atoms with Crippen molar-refractivity contribution in [2.45, 2.75) is 37.4 Å². The summed E-state index contributed by atoms with van der Waals surface area (Å²) in [6.45, 7) is 7.99. The molecule has 0 saturated carbocycles. The van der Waals surface area contributed by atoms with E-state index in [0.29, 0.717) is 23.3 Å². The summed E-state index contributed by atoms with van der Waals surface area (Å²) >= 11 is 1.14. The van der Waals surface area contributed by atoms with Crippen LogP contribution in [0.2, 0.25) is 0 Å². The van der Waals surface area contributed by atoms with Gasteiger partial charge in [-0.25, -0.2) is 4.79 Å². The van der Waals surface area contributed by atoms with E-state index in [2.05, 4.69) is 16.8 Å². The Morgan fingerprint density at radius 3 is 2.67 bits per heavy atom. The number of nitrogen functional groups attached to an aromatic ring is 1. The molecule has 2 heterocycles. The van der Waals surface area contributed by atoms with Crippen molar-refractivity contribution in [3.63, 3.8) is 0 Å². The average molecular weight is 471 g/mol. The molecule has 2 N–H and O–H groups in total. The molecule has 0 fully saturated rings. The minimum atomic E-state index is -0.729. The number of hydrogen-bond donors (Lipinski definition) is 1. The standard InChI is InChI=1S/C22H26N6O4S/c1-6-10-28-16(12-32-15-9-7-8-13(2)11-15)24-25-21(28)33-14(3)18(29)17-19(23)26(4)22(31)27(5)20(17)30/h6-9,11,14H,1,10,12,23H2,2-5H3/t14-/m0/s1. The van der Waals surface area contributed by atoms with Gasteiger partial charge in [0.2, 0.25) is 0 Å². The Morgan fingerprint density at radius 2 is 2.00 bits per heavy atom. The molecule has 2 aromatic heterocycles. The van der Waals surface area contributed by atoms with Crippen LogP contribution in [0.1, 0.15) is 28.7 Å². The zero-order valence-corrected chi connectivity index (χ0v) is 19.8. The number of ketones is 1. The van der Waals surface area contributed by atoms with E-state index in [9.17, 15) is 14.4 Å². The molecule has 3 aromatic rings. The van der Waals surface area contributed by atoms with Crippen molar-refractivity contribution in [1.82, 2.24) is 23.9 Å². The number of Topliss-reactive ketones (excluding diaryl/α,β-unsaturated/α-hetero) is 1. The third kappa shape index (κ3) is 4.92. The summed E-state index contributed by atoms with van der Waals surface area (Å²) in [5, 5.41) is 8.16. The number of carbonyl (C=O) groups is 1. The first-order chi connectivity index (χ1) is 15.6. The summed E-state index contributed by atoms with van der Waals surface area (Å²) in [5.74, 6) is 0.609. The lowest BCUT2D eigenvalue weighted by Gasteiger charge is -2.15. The van der Waals surface area contributed by atoms with Gasteiger partial charge in [-0.15, -0.1) is 16.8 Å². The molecular weight excluding hydrogens is 444 g/mol. The van der Waals surface area contributed by atoms with Gasteiger partial charge in [-0.1, -0.05) is 30.0 Å². The van der Waals surface area contributed by atoms with E-state index in [0.717, 1.165) is 26.5 Å². The topological polar surface area (TPSA) is 127 Å². The Balaban J connectivity index is 1.84. The Bertz CT molecular complexity index is 1320. The minimum absolute atomic E-state index is 0.166. The fourth-order valence-electron chi connectivity index (χ4n) is 3.18. The fraction of sp³-hybridized carbons (Fsp3) is 0.318. The van der Waals surface area contributed by atoms with E-state index in [1.165, 1.54) is 14.1 Å². The molecule has 11 heteroatoms. The average Bonchev–Trinajstić information content (AvgIpc) is 3.16. The molecule has 0 bridgehead atoms. The number of thioether (sulfide) groups is 1. The van der Waals surface area contributed by atoms with E-state index < -0.39 is 22.3 Å². The third-order valence-corrected chi connectivity index (χ3v) is 6.15. The number of anilines is 1. The number of aromatic nitrogens is 5. The molecule has 0 aliphatic heterocycles. The fourth-order valence-corrected chi connectivity index (χ4v) is 4.12. The highest BCUT2D eigenvalue weighted by atomic mass is 32.2. The second-order valence-corrected chi connectivity index (χ2v) is 8.80. The van der Waals surface area contributed by atoms with Gasteiger partial charge in [-0.3, -0.25) is 23.3 Å². The molecule has 0 saturated heterocycles. The van der Waals surface area contributed by atoms with Gasteiger partial charge in [0, 0.05) is 20.6 Å². The van der Waals surface area contributed by atoms with Crippen molar-refractivity contribution in [2.75, 3.05) is 5.73 Å². The van der Waals surface area contributed by atoms with Crippen molar-refractivity contribution in [3.8, 4) is 5.75 Å². The van der Waals surface area contributed by atoms with Crippen LogP contribution >= 0.6 is 11.8 Å². The molecule has 174 valence electrons. The largest absolute Gasteiger partial charge is 0.486 e. The normalized spacial score (nSPS) is 11.9. The summed E-state index contributed by atoms with van der Waals surface area (Å²) < 4.78 is 9.57. The van der Waals surface area contributed by atoms with Crippen molar-refractivity contribution < 1.29 is 9.53 Å². The van der Waals surface area contributed by atoms with Crippen molar-refractivity contribution in [3.05, 3.63) is 74.7 Å². The zero-order valence-electron chi connectivity index (χ0n) is 18.9. The van der Waals surface area contributed by atoms with Crippen molar-refractivity contribution >= 4 is 23.4 Å². The monoisotopic (exact) mass is 470 g/mol. The first-order valence-electron chi connectivity index (χ1n) is 10.1. The highest BCUT2D eigenvalue weighted by Gasteiger charge is 2.27. The molecule has 0 aliphatic rings. The zero-order chi connectivity index (χ0) is 24.3. The van der Waals surface area contributed by atoms with Gasteiger partial charge in [0.25, 0.3) is 5.56 Å². The van der Waals surface area contributed by atoms with Crippen LogP contribution in [0.25, 0.3) is 0 Å². The summed E-state index contributed by atoms with van der Waals surface area (Å²) in [7, 11) is 2.72. The molecular formula is C22H26N6O4S. The number of carbonyl (C=O) groups excluding carboxylic acids is 1. The van der Waals surface area contributed by atoms with Crippen molar-refractivity contribution in [2.24, 2.45) is 14.1 Å². The Hall–Kier alpha value is -3.60. The van der Waals surface area contributed by atoms with Gasteiger partial charge in [0.1, 0.15) is 23.7 Å². The van der Waals surface area contributed by atoms with Crippen LogP contribution in [0.4, 0.5) is 5.82 Å². The Kier molecular flexibility index (Phi) is 7.22. The number of nitrogens with zero attached hydrogens (tertiary/aromatic N) is 5. The highest BCUT2D eigenvalue weighted by molar-refractivity contribution is 8.00. The molecule has 0 radical (unpaired) electrons. The first-order valence-corrected chi connectivity index (χ1v) is 11.0. The summed E-state index contributed by atoms with van der Waals surface area (Å²) in [4.78, 5) is 37.7. The lowest BCUT2D eigenvalue weighted by atomic mass is 10.1. The SMILES string of the molecule is C=CCn1c(COc2cccc(C)c2)nnc1S[C@@H](C)C(=O)c1c(N)n(C)c(=O)n(C)c1=O. The molecule has 3 rings (SSSR count). The number of aryl methyl sites for hydroxylation is 1. The second kappa shape index (κ2) is 9.90. The smallest absolute Gasteiger partial charge is 0.332 e. The van der Waals surface area contributed by atoms with Crippen LogP contribution in [0.3, 0.4) is 0 Å². The number of allylic oxidation sites excluding steroid dienone is 1. The van der Waals surface area contributed by atoms with E-state index in [1.54, 1.807) is 17.6 Å². The van der Waals surface area contributed by atoms with Crippen LogP contribution in [0.5, 0.6) is 5.75 Å². The Labute approximate surface area is 194 Å². The second-order valence-electron chi connectivity index (χ2n) is 7.49. The van der Waals surface area contributed by atoms with Gasteiger partial charge in [0.15, 0.2) is 16.8 Å². The predicted octanol–water partition coefficient (Wildman–Crippen LogP) is 1.69. The van der Waals surface area contributed by atoms with Gasteiger partial charge < -0.3 is 10.5 Å². The number of hydrogen-bond acceptors (Lipinski definition) is 8. The van der Waals surface area contributed by atoms with Crippen LogP contribution in [0, 0.1) is 6.92 Å². The predicted molar refractivity (Wildman–Crippen MR) is 127 cm³/mol. The van der Waals surface area contributed by atoms with Gasteiger partial charge in [0.05, 0.1) is 5.25 Å². The summed E-state index contributed by atoms with van der Waals surface area (Å²) in [6.07, 6.45) is 1.69. The molecule has 0 aliphatic carbocycles. The summed E-state index contributed by atoms with van der Waals surface area (Å²) in [6, 6.07) is 7.66. The van der Waals surface area contributed by atoms with E-state index in [1.807, 2.05) is 31.2 Å². The molecule has 0 spiro atoms. The van der Waals surface area contributed by atoms with E-state index in [-0.39, 0.29) is 18.0 Å². The summed E-state index contributed by atoms with van der Waals surface area (Å²) in [5.41, 5.74) is 5.45. The maximum absolute atomic E-state index is 13.1. The highest BCUT2D eigenvalue weighted by Crippen LogP contribution is 2.26. The van der Waals surface area contributed by atoms with Gasteiger partial charge in [-0.05, 0) is 31.5 Å². The number of benzene rings is 1. The molecule has 0 amide bonds. The van der Waals surface area contributed by atoms with Crippen LogP contribution in [-0.2, 0) is 27.2 Å². The first kappa shape index (κ1) is 24.1. The molecule has 33 heavy (non-hydrogen) atoms.